The standard InChI is InChI=1S/C20H18N2O3/c1-22-17-6-4-3-5-16(17)21-20(22)12-10-15(23)9-7-14-8-11-18(24)19(13-14)25-2/h3-13,24H,1-2H3/b9-7+,12-10+. The maximum atomic E-state index is 12.0. The minimum Gasteiger partial charge on any atom is -0.504 e. The Hall–Kier alpha value is -3.34. The Morgan fingerprint density at radius 2 is 1.92 bits per heavy atom. The second kappa shape index (κ2) is 7.05. The number of aryl methyl sites for hydroxylation is 1. The fourth-order valence-electron chi connectivity index (χ4n) is 2.50. The zero-order valence-corrected chi connectivity index (χ0v) is 14.0. The zero-order valence-electron chi connectivity index (χ0n) is 14.0. The maximum Gasteiger partial charge on any atom is 0.178 e. The molecule has 1 aromatic heterocycles. The Morgan fingerprint density at radius 3 is 2.68 bits per heavy atom. The summed E-state index contributed by atoms with van der Waals surface area (Å²) in [5.41, 5.74) is 2.67. The highest BCUT2D eigenvalue weighted by atomic mass is 16.5. The fraction of sp³-hybridized carbons (Fsp3) is 0.100. The number of nitrogens with zero attached hydrogens (tertiary/aromatic N) is 2. The summed E-state index contributed by atoms with van der Waals surface area (Å²) in [6.45, 7) is 0. The second-order valence-electron chi connectivity index (χ2n) is 5.52. The van der Waals surface area contributed by atoms with E-state index in [1.807, 2.05) is 35.9 Å². The third-order valence-electron chi connectivity index (χ3n) is 3.86. The maximum absolute atomic E-state index is 12.0. The van der Waals surface area contributed by atoms with Crippen molar-refractivity contribution in [3.8, 4) is 11.5 Å². The van der Waals surface area contributed by atoms with Crippen molar-refractivity contribution in [2.45, 2.75) is 0 Å². The van der Waals surface area contributed by atoms with Crippen LogP contribution in [-0.4, -0.2) is 27.6 Å². The van der Waals surface area contributed by atoms with Crippen molar-refractivity contribution in [3.05, 3.63) is 66.0 Å². The van der Waals surface area contributed by atoms with Crippen LogP contribution in [0.1, 0.15) is 11.4 Å². The van der Waals surface area contributed by atoms with Crippen LogP contribution in [0, 0.1) is 0 Å². The van der Waals surface area contributed by atoms with Crippen LogP contribution in [0.15, 0.2) is 54.6 Å². The molecule has 3 aromatic rings. The third-order valence-corrected chi connectivity index (χ3v) is 3.86. The van der Waals surface area contributed by atoms with Gasteiger partial charge in [-0.2, -0.15) is 0 Å². The van der Waals surface area contributed by atoms with Gasteiger partial charge in [0.15, 0.2) is 17.3 Å². The molecule has 3 rings (SSSR count). The number of aromatic nitrogens is 2. The third kappa shape index (κ3) is 3.61. The van der Waals surface area contributed by atoms with Gasteiger partial charge in [0.25, 0.3) is 0 Å². The number of benzene rings is 2. The quantitative estimate of drug-likeness (QED) is 0.724. The van der Waals surface area contributed by atoms with Crippen molar-refractivity contribution < 1.29 is 14.6 Å². The predicted octanol–water partition coefficient (Wildman–Crippen LogP) is 3.58. The molecule has 0 saturated heterocycles. The summed E-state index contributed by atoms with van der Waals surface area (Å²) in [6, 6.07) is 12.7. The van der Waals surface area contributed by atoms with E-state index in [1.165, 1.54) is 25.3 Å². The summed E-state index contributed by atoms with van der Waals surface area (Å²) in [4.78, 5) is 16.5. The van der Waals surface area contributed by atoms with E-state index in [0.29, 0.717) is 11.6 Å². The smallest absolute Gasteiger partial charge is 0.178 e. The lowest BCUT2D eigenvalue weighted by atomic mass is 10.1. The van der Waals surface area contributed by atoms with Crippen LogP contribution < -0.4 is 4.74 Å². The lowest BCUT2D eigenvalue weighted by Crippen LogP contribution is -1.92. The van der Waals surface area contributed by atoms with Crippen molar-refractivity contribution in [1.82, 2.24) is 9.55 Å². The lowest BCUT2D eigenvalue weighted by molar-refractivity contribution is -0.110. The average molecular weight is 334 g/mol. The molecule has 0 unspecified atom stereocenters. The first-order valence-electron chi connectivity index (χ1n) is 7.77. The molecule has 0 radical (unpaired) electrons. The van der Waals surface area contributed by atoms with Gasteiger partial charge in [0.1, 0.15) is 5.82 Å². The van der Waals surface area contributed by atoms with Gasteiger partial charge in [-0.05, 0) is 48.1 Å². The number of ketones is 1. The Bertz CT molecular complexity index is 984. The van der Waals surface area contributed by atoms with Crippen molar-refractivity contribution in [2.75, 3.05) is 7.11 Å². The van der Waals surface area contributed by atoms with Crippen LogP contribution >= 0.6 is 0 Å². The van der Waals surface area contributed by atoms with E-state index >= 15 is 0 Å². The summed E-state index contributed by atoms with van der Waals surface area (Å²) in [6.07, 6.45) is 6.31. The minimum atomic E-state index is -0.154. The molecule has 0 aliphatic carbocycles. The molecule has 0 spiro atoms. The number of allylic oxidation sites excluding steroid dienone is 2. The zero-order chi connectivity index (χ0) is 17.8. The van der Waals surface area contributed by atoms with Gasteiger partial charge in [-0.15, -0.1) is 0 Å². The van der Waals surface area contributed by atoms with E-state index in [2.05, 4.69) is 4.98 Å². The summed E-state index contributed by atoms with van der Waals surface area (Å²) in [5.74, 6) is 0.992. The molecule has 0 bridgehead atoms. The highest BCUT2D eigenvalue weighted by Gasteiger charge is 2.04. The number of phenolic OH excluding ortho intramolecular Hbond substituents is 1. The molecule has 5 heteroatoms. The number of hydrogen-bond acceptors (Lipinski definition) is 4. The fourth-order valence-corrected chi connectivity index (χ4v) is 2.50. The number of carbonyl (C=O) groups is 1. The van der Waals surface area contributed by atoms with E-state index in [-0.39, 0.29) is 11.5 Å². The first-order valence-corrected chi connectivity index (χ1v) is 7.77. The molecule has 126 valence electrons. The first kappa shape index (κ1) is 16.5. The number of hydrogen-bond donors (Lipinski definition) is 1. The highest BCUT2D eigenvalue weighted by Crippen LogP contribution is 2.26. The van der Waals surface area contributed by atoms with Gasteiger partial charge in [-0.3, -0.25) is 4.79 Å². The Kier molecular flexibility index (Phi) is 4.66. The van der Waals surface area contributed by atoms with E-state index in [9.17, 15) is 9.90 Å². The predicted molar refractivity (Wildman–Crippen MR) is 98.4 cm³/mol. The topological polar surface area (TPSA) is 64.3 Å². The van der Waals surface area contributed by atoms with Gasteiger partial charge in [-0.25, -0.2) is 4.98 Å². The molecule has 0 saturated carbocycles. The van der Waals surface area contributed by atoms with Crippen LogP contribution in [0.5, 0.6) is 11.5 Å². The van der Waals surface area contributed by atoms with Crippen LogP contribution in [0.3, 0.4) is 0 Å². The number of para-hydroxylation sites is 2. The monoisotopic (exact) mass is 334 g/mol. The van der Waals surface area contributed by atoms with Crippen LogP contribution in [-0.2, 0) is 11.8 Å². The molecule has 0 aliphatic rings. The molecular weight excluding hydrogens is 316 g/mol. The van der Waals surface area contributed by atoms with Crippen LogP contribution in [0.25, 0.3) is 23.2 Å². The normalized spacial score (nSPS) is 11.6. The SMILES string of the molecule is COc1cc(/C=C/C(=O)/C=C/c2nc3ccccc3n2C)ccc1O. The highest BCUT2D eigenvalue weighted by molar-refractivity contribution is 6.04. The summed E-state index contributed by atoms with van der Waals surface area (Å²) in [5, 5.41) is 9.57. The summed E-state index contributed by atoms with van der Waals surface area (Å²) in [7, 11) is 3.39. The molecule has 25 heavy (non-hydrogen) atoms. The van der Waals surface area contributed by atoms with Gasteiger partial charge in [0.05, 0.1) is 18.1 Å². The van der Waals surface area contributed by atoms with Crippen molar-refractivity contribution in [1.29, 1.82) is 0 Å². The van der Waals surface area contributed by atoms with Crippen molar-refractivity contribution >= 4 is 29.0 Å². The molecule has 5 nitrogen and oxygen atoms in total. The number of imidazole rings is 1. The van der Waals surface area contributed by atoms with Crippen LogP contribution in [0.4, 0.5) is 0 Å². The number of fused-ring (bicyclic) bond motifs is 1. The Morgan fingerprint density at radius 1 is 1.16 bits per heavy atom. The van der Waals surface area contributed by atoms with Gasteiger partial charge in [0, 0.05) is 7.05 Å². The van der Waals surface area contributed by atoms with Crippen molar-refractivity contribution in [3.63, 3.8) is 0 Å². The van der Waals surface area contributed by atoms with Gasteiger partial charge in [-0.1, -0.05) is 24.3 Å². The number of carbonyl (C=O) groups excluding carboxylic acids is 1. The molecule has 0 atom stereocenters. The van der Waals surface area contributed by atoms with E-state index < -0.39 is 0 Å². The largest absolute Gasteiger partial charge is 0.504 e. The average Bonchev–Trinajstić information content (AvgIpc) is 2.95. The molecule has 2 aromatic carbocycles. The van der Waals surface area contributed by atoms with E-state index in [4.69, 9.17) is 4.74 Å². The summed E-state index contributed by atoms with van der Waals surface area (Å²) >= 11 is 0. The molecule has 0 amide bonds. The lowest BCUT2D eigenvalue weighted by Gasteiger charge is -2.03. The second-order valence-corrected chi connectivity index (χ2v) is 5.52. The number of aromatic hydroxyl groups is 1. The van der Waals surface area contributed by atoms with Gasteiger partial charge in [0.2, 0.25) is 0 Å². The van der Waals surface area contributed by atoms with Crippen LogP contribution in [0.2, 0.25) is 0 Å². The van der Waals surface area contributed by atoms with Gasteiger partial charge < -0.3 is 14.4 Å². The minimum absolute atomic E-state index is 0.0627. The molecule has 1 N–H and O–H groups in total. The van der Waals surface area contributed by atoms with E-state index in [1.54, 1.807) is 24.3 Å². The molecule has 0 fully saturated rings. The number of ether oxygens (including phenoxy) is 1. The first-order chi connectivity index (χ1) is 12.1. The number of phenols is 1. The summed E-state index contributed by atoms with van der Waals surface area (Å²) < 4.78 is 6.98. The number of methoxy groups -OCH3 is 1. The van der Waals surface area contributed by atoms with Gasteiger partial charge >= 0.3 is 0 Å². The molecule has 1 heterocycles. The number of rotatable bonds is 5. The Balaban J connectivity index is 1.75. The molecular formula is C20H18N2O3. The van der Waals surface area contributed by atoms with Crippen molar-refractivity contribution in [2.24, 2.45) is 7.05 Å². The molecule has 0 aliphatic heterocycles. The van der Waals surface area contributed by atoms with E-state index in [0.717, 1.165) is 16.6 Å². The Labute approximate surface area is 145 Å².